The van der Waals surface area contributed by atoms with Crippen LogP contribution in [-0.4, -0.2) is 53.2 Å². The third kappa shape index (κ3) is 3.20. The summed E-state index contributed by atoms with van der Waals surface area (Å²) in [4.78, 5) is 20.6. The lowest BCUT2D eigenvalue weighted by Gasteiger charge is -2.34. The van der Waals surface area contributed by atoms with Gasteiger partial charge in [0.15, 0.2) is 0 Å². The van der Waals surface area contributed by atoms with Crippen molar-refractivity contribution >= 4 is 22.5 Å². The van der Waals surface area contributed by atoms with E-state index in [1.807, 2.05) is 24.4 Å². The fourth-order valence-electron chi connectivity index (χ4n) is 4.07. The molecule has 5 heteroatoms. The normalized spacial score (nSPS) is 20.8. The molecule has 3 aromatic rings. The van der Waals surface area contributed by atoms with Crippen molar-refractivity contribution in [3.8, 4) is 23.0 Å². The molecule has 0 radical (unpaired) electrons. The van der Waals surface area contributed by atoms with Crippen molar-refractivity contribution in [2.75, 3.05) is 31.6 Å². The minimum atomic E-state index is -1.58. The Morgan fingerprint density at radius 2 is 1.90 bits per heavy atom. The van der Waals surface area contributed by atoms with Gasteiger partial charge >= 0.3 is 0 Å². The molecule has 2 fully saturated rings. The molecule has 2 aromatic carbocycles. The Morgan fingerprint density at radius 1 is 1.07 bits per heavy atom. The summed E-state index contributed by atoms with van der Waals surface area (Å²) in [6, 6.07) is 16.3. The van der Waals surface area contributed by atoms with Crippen molar-refractivity contribution in [1.29, 1.82) is 0 Å². The van der Waals surface area contributed by atoms with Gasteiger partial charge in [-0.1, -0.05) is 30.0 Å². The lowest BCUT2D eigenvalue weighted by atomic mass is 9.99. The average Bonchev–Trinajstić information content (AvgIpc) is 2.99. The Hall–Kier alpha value is -3.36. The number of benzene rings is 2. The molecule has 3 heterocycles. The minimum Gasteiger partial charge on any atom is -0.371 e. The maximum atomic E-state index is 12.1. The third-order valence-electron chi connectivity index (χ3n) is 6.03. The number of carbonyl (C=O) groups is 1. The number of fused-ring (bicyclic) bond motifs is 1. The van der Waals surface area contributed by atoms with E-state index >= 15 is 0 Å². The second-order valence-electron chi connectivity index (χ2n) is 8.07. The van der Waals surface area contributed by atoms with Crippen molar-refractivity contribution in [1.82, 2.24) is 9.88 Å². The summed E-state index contributed by atoms with van der Waals surface area (Å²) in [6.45, 7) is 2.70. The van der Waals surface area contributed by atoms with E-state index in [0.29, 0.717) is 13.0 Å². The molecular formula is C25H23N3O2. The number of pyridine rings is 1. The summed E-state index contributed by atoms with van der Waals surface area (Å²) in [5.74, 6) is 5.48. The molecule has 5 nitrogen and oxygen atoms in total. The molecule has 150 valence electrons. The first kappa shape index (κ1) is 18.7. The predicted molar refractivity (Wildman–Crippen MR) is 118 cm³/mol. The van der Waals surface area contributed by atoms with Gasteiger partial charge in [0, 0.05) is 55.9 Å². The second-order valence-corrected chi connectivity index (χ2v) is 8.07. The van der Waals surface area contributed by atoms with E-state index in [2.05, 4.69) is 52.1 Å². The van der Waals surface area contributed by atoms with Gasteiger partial charge in [-0.2, -0.15) is 0 Å². The van der Waals surface area contributed by atoms with E-state index in [1.54, 1.807) is 7.05 Å². The molecule has 2 saturated heterocycles. The first-order valence-electron chi connectivity index (χ1n) is 10.3. The minimum absolute atomic E-state index is 0.327. The summed E-state index contributed by atoms with van der Waals surface area (Å²) < 4.78 is 0. The van der Waals surface area contributed by atoms with E-state index < -0.39 is 5.60 Å². The number of hydrogen-bond donors (Lipinski definition) is 1. The molecule has 0 bridgehead atoms. The zero-order valence-corrected chi connectivity index (χ0v) is 16.9. The van der Waals surface area contributed by atoms with Gasteiger partial charge in [0.1, 0.15) is 0 Å². The highest BCUT2D eigenvalue weighted by Gasteiger charge is 2.42. The van der Waals surface area contributed by atoms with Gasteiger partial charge in [-0.3, -0.25) is 9.78 Å². The number of anilines is 1. The molecular weight excluding hydrogens is 374 g/mol. The van der Waals surface area contributed by atoms with Crippen molar-refractivity contribution < 1.29 is 9.90 Å². The van der Waals surface area contributed by atoms with E-state index in [1.165, 1.54) is 17.0 Å². The first-order chi connectivity index (χ1) is 14.5. The van der Waals surface area contributed by atoms with E-state index in [-0.39, 0.29) is 5.91 Å². The Morgan fingerprint density at radius 3 is 2.63 bits per heavy atom. The fraction of sp³-hybridized carbons (Fsp3) is 0.280. The molecule has 5 rings (SSSR count). The summed E-state index contributed by atoms with van der Waals surface area (Å²) in [5.41, 5.74) is 3.56. The number of nitrogens with zero attached hydrogens (tertiary/aromatic N) is 3. The molecule has 0 aliphatic carbocycles. The number of amides is 1. The predicted octanol–water partition coefficient (Wildman–Crippen LogP) is 3.06. The van der Waals surface area contributed by atoms with Crippen LogP contribution in [0.25, 0.3) is 22.0 Å². The number of rotatable bonds is 2. The summed E-state index contributed by atoms with van der Waals surface area (Å²) >= 11 is 0. The smallest absolute Gasteiger partial charge is 0.267 e. The monoisotopic (exact) mass is 397 g/mol. The molecule has 30 heavy (non-hydrogen) atoms. The molecule has 2 aliphatic heterocycles. The summed E-state index contributed by atoms with van der Waals surface area (Å²) in [6.07, 6.45) is 3.44. The Balaban J connectivity index is 1.50. The van der Waals surface area contributed by atoms with Crippen LogP contribution in [0.2, 0.25) is 0 Å². The topological polar surface area (TPSA) is 56.7 Å². The molecule has 2 aliphatic rings. The Kier molecular flexibility index (Phi) is 4.45. The highest BCUT2D eigenvalue weighted by molar-refractivity contribution is 5.95. The summed E-state index contributed by atoms with van der Waals surface area (Å²) in [7, 11) is 1.69. The van der Waals surface area contributed by atoms with Crippen molar-refractivity contribution in [2.45, 2.75) is 18.4 Å². The van der Waals surface area contributed by atoms with Gasteiger partial charge in [0.2, 0.25) is 5.60 Å². The number of likely N-dealkylation sites (tertiary alicyclic amines) is 1. The van der Waals surface area contributed by atoms with Gasteiger partial charge < -0.3 is 14.9 Å². The van der Waals surface area contributed by atoms with Crippen molar-refractivity contribution in [3.63, 3.8) is 0 Å². The maximum Gasteiger partial charge on any atom is 0.267 e. The zero-order valence-electron chi connectivity index (χ0n) is 16.9. The van der Waals surface area contributed by atoms with Crippen molar-refractivity contribution in [2.24, 2.45) is 0 Å². The molecule has 1 atom stereocenters. The molecule has 1 aromatic heterocycles. The van der Waals surface area contributed by atoms with Gasteiger partial charge in [-0.25, -0.2) is 0 Å². The van der Waals surface area contributed by atoms with Gasteiger partial charge in [-0.15, -0.1) is 0 Å². The van der Waals surface area contributed by atoms with E-state index in [4.69, 9.17) is 0 Å². The number of likely N-dealkylation sites (N-methyl/N-ethyl adjacent to an activating group) is 1. The molecule has 1 amide bonds. The van der Waals surface area contributed by atoms with Crippen LogP contribution in [0.5, 0.6) is 0 Å². The lowest BCUT2D eigenvalue weighted by molar-refractivity contribution is -0.137. The van der Waals surface area contributed by atoms with Crippen LogP contribution in [0.3, 0.4) is 0 Å². The average molecular weight is 397 g/mol. The molecule has 0 saturated carbocycles. The second kappa shape index (κ2) is 7.16. The number of carbonyl (C=O) groups excluding carboxylic acids is 1. The number of aromatic nitrogens is 1. The van der Waals surface area contributed by atoms with E-state index in [9.17, 15) is 9.90 Å². The third-order valence-corrected chi connectivity index (χ3v) is 6.03. The number of aliphatic hydroxyl groups is 1. The zero-order chi connectivity index (χ0) is 20.7. The Labute approximate surface area is 176 Å². The Bertz CT molecular complexity index is 1210. The van der Waals surface area contributed by atoms with Crippen LogP contribution in [0.15, 0.2) is 54.7 Å². The fourth-order valence-corrected chi connectivity index (χ4v) is 4.07. The van der Waals surface area contributed by atoms with Crippen LogP contribution >= 0.6 is 0 Å². The SMILES string of the molecule is CN1CCC(O)(C#Cc2cccc(-c3ccc4nccc(N5CCC5)c4c3)c2)C1=O. The summed E-state index contributed by atoms with van der Waals surface area (Å²) in [5, 5.41) is 11.7. The van der Waals surface area contributed by atoms with Crippen LogP contribution in [-0.2, 0) is 4.79 Å². The highest BCUT2D eigenvalue weighted by atomic mass is 16.3. The highest BCUT2D eigenvalue weighted by Crippen LogP contribution is 2.32. The molecule has 1 unspecified atom stereocenters. The van der Waals surface area contributed by atoms with Crippen LogP contribution < -0.4 is 4.90 Å². The standard InChI is InChI=1S/C25H23N3O2/c1-27-15-11-25(30,24(27)29)10-8-18-4-2-5-19(16-18)20-6-7-22-21(17-20)23(9-12-26-22)28-13-3-14-28/h2,4-7,9,12,16-17,30H,3,11,13-15H2,1H3. The van der Waals surface area contributed by atoms with E-state index in [0.717, 1.165) is 40.7 Å². The number of hydrogen-bond acceptors (Lipinski definition) is 4. The quantitative estimate of drug-likeness (QED) is 0.676. The van der Waals surface area contributed by atoms with Gasteiger partial charge in [-0.05, 0) is 47.9 Å². The lowest BCUT2D eigenvalue weighted by Crippen LogP contribution is -2.37. The first-order valence-corrected chi connectivity index (χ1v) is 10.3. The van der Waals surface area contributed by atoms with Crippen LogP contribution in [0.1, 0.15) is 18.4 Å². The van der Waals surface area contributed by atoms with Crippen LogP contribution in [0, 0.1) is 11.8 Å². The van der Waals surface area contributed by atoms with Gasteiger partial charge in [0.05, 0.1) is 5.52 Å². The maximum absolute atomic E-state index is 12.1. The van der Waals surface area contributed by atoms with Gasteiger partial charge in [0.25, 0.3) is 5.91 Å². The molecule has 0 spiro atoms. The largest absolute Gasteiger partial charge is 0.371 e. The van der Waals surface area contributed by atoms with Crippen molar-refractivity contribution in [3.05, 3.63) is 60.3 Å². The molecule has 1 N–H and O–H groups in total. The van der Waals surface area contributed by atoms with Crippen LogP contribution in [0.4, 0.5) is 5.69 Å².